The fourth-order valence-electron chi connectivity index (χ4n) is 2.94. The number of nitro groups is 1. The molecule has 28 heavy (non-hydrogen) atoms. The van der Waals surface area contributed by atoms with Gasteiger partial charge in [0, 0.05) is 24.2 Å². The van der Waals surface area contributed by atoms with Crippen LogP contribution in [0, 0.1) is 10.1 Å². The van der Waals surface area contributed by atoms with Gasteiger partial charge in [0.2, 0.25) is 5.82 Å². The Bertz CT molecular complexity index is 1050. The second-order valence-electron chi connectivity index (χ2n) is 6.20. The van der Waals surface area contributed by atoms with Crippen LogP contribution in [0.25, 0.3) is 10.6 Å². The molecule has 1 aliphatic heterocycles. The number of carbonyl (C=O) groups excluding carboxylic acids is 1. The first-order chi connectivity index (χ1) is 13.5. The van der Waals surface area contributed by atoms with E-state index in [0.717, 1.165) is 22.0 Å². The molecule has 0 aromatic carbocycles. The number of carbonyl (C=O) groups is 1. The number of hydrogen-bond acceptors (Lipinski definition) is 7. The number of aryl methyl sites for hydroxylation is 1. The third-order valence-electron chi connectivity index (χ3n) is 4.38. The zero-order chi connectivity index (χ0) is 19.7. The first-order valence-electron chi connectivity index (χ1n) is 8.64. The number of aromatic nitrogens is 3. The Morgan fingerprint density at radius 2 is 2.18 bits per heavy atom. The number of thiophene rings is 1. The third kappa shape index (κ3) is 3.41. The van der Waals surface area contributed by atoms with Crippen molar-refractivity contribution in [3.8, 4) is 10.6 Å². The summed E-state index contributed by atoms with van der Waals surface area (Å²) in [5, 5.41) is 15.8. The van der Waals surface area contributed by atoms with E-state index in [2.05, 4.69) is 20.3 Å². The Balaban J connectivity index is 1.57. The molecule has 0 spiro atoms. The maximum absolute atomic E-state index is 12.7. The van der Waals surface area contributed by atoms with E-state index in [-0.39, 0.29) is 11.5 Å². The lowest BCUT2D eigenvalue weighted by Gasteiger charge is -2.16. The van der Waals surface area contributed by atoms with Crippen molar-refractivity contribution in [2.24, 2.45) is 0 Å². The van der Waals surface area contributed by atoms with Gasteiger partial charge in [-0.1, -0.05) is 13.0 Å². The van der Waals surface area contributed by atoms with Crippen molar-refractivity contribution >= 4 is 28.9 Å². The van der Waals surface area contributed by atoms with E-state index in [1.54, 1.807) is 12.3 Å². The Kier molecular flexibility index (Phi) is 4.70. The molecular formula is C18H16N6O3S. The predicted octanol–water partition coefficient (Wildman–Crippen LogP) is 3.62. The van der Waals surface area contributed by atoms with Crippen molar-refractivity contribution in [1.29, 1.82) is 0 Å². The molecular weight excluding hydrogens is 380 g/mol. The summed E-state index contributed by atoms with van der Waals surface area (Å²) < 4.78 is 0. The van der Waals surface area contributed by atoms with Crippen molar-refractivity contribution in [3.63, 3.8) is 0 Å². The van der Waals surface area contributed by atoms with E-state index in [9.17, 15) is 14.9 Å². The number of nitrogens with one attached hydrogen (secondary N) is 1. The lowest BCUT2D eigenvalue weighted by atomic mass is 10.3. The molecule has 0 saturated heterocycles. The molecule has 0 unspecified atom stereocenters. The molecule has 0 saturated carbocycles. The zero-order valence-electron chi connectivity index (χ0n) is 15.0. The smallest absolute Gasteiger partial charge is 0.314 e. The highest BCUT2D eigenvalue weighted by Gasteiger charge is 2.27. The molecule has 0 atom stereocenters. The molecule has 3 aromatic rings. The monoisotopic (exact) mass is 396 g/mol. The molecule has 3 aromatic heterocycles. The number of nitrogens with zero attached hydrogens (tertiary/aromatic N) is 5. The summed E-state index contributed by atoms with van der Waals surface area (Å²) in [5.74, 6) is 0.652. The van der Waals surface area contributed by atoms with Crippen LogP contribution in [0.3, 0.4) is 0 Å². The molecule has 0 bridgehead atoms. The van der Waals surface area contributed by atoms with Crippen LogP contribution < -0.4 is 5.32 Å². The van der Waals surface area contributed by atoms with Gasteiger partial charge >= 0.3 is 11.7 Å². The molecule has 0 aliphatic carbocycles. The van der Waals surface area contributed by atoms with Gasteiger partial charge in [-0.25, -0.2) is 19.7 Å². The van der Waals surface area contributed by atoms with Crippen molar-refractivity contribution in [3.05, 3.63) is 63.0 Å². The highest BCUT2D eigenvalue weighted by Crippen LogP contribution is 2.30. The highest BCUT2D eigenvalue weighted by atomic mass is 32.1. The van der Waals surface area contributed by atoms with Gasteiger partial charge in [-0.05, 0) is 17.5 Å². The van der Waals surface area contributed by atoms with E-state index in [1.165, 1.54) is 22.3 Å². The van der Waals surface area contributed by atoms with Crippen LogP contribution in [0.1, 0.15) is 24.0 Å². The molecule has 2 amide bonds. The highest BCUT2D eigenvalue weighted by molar-refractivity contribution is 7.13. The largest absolute Gasteiger partial charge is 0.323 e. The molecule has 10 heteroatoms. The summed E-state index contributed by atoms with van der Waals surface area (Å²) >= 11 is 1.47. The average molecular weight is 396 g/mol. The van der Waals surface area contributed by atoms with Crippen LogP contribution >= 0.6 is 11.3 Å². The minimum atomic E-state index is -0.557. The van der Waals surface area contributed by atoms with Crippen LogP contribution in [0.5, 0.6) is 0 Å². The maximum atomic E-state index is 12.7. The third-order valence-corrected chi connectivity index (χ3v) is 5.27. The molecule has 9 nitrogen and oxygen atoms in total. The minimum Gasteiger partial charge on any atom is -0.314 e. The maximum Gasteiger partial charge on any atom is 0.323 e. The number of urea groups is 1. The summed E-state index contributed by atoms with van der Waals surface area (Å²) in [4.78, 5) is 38.9. The molecule has 1 N–H and O–H groups in total. The van der Waals surface area contributed by atoms with E-state index < -0.39 is 11.0 Å². The minimum absolute atomic E-state index is 0.0720. The Labute approximate surface area is 164 Å². The fraction of sp³-hybridized carbons (Fsp3) is 0.222. The average Bonchev–Trinajstić information content (AvgIpc) is 3.36. The number of hydrogen-bond donors (Lipinski definition) is 1. The fourth-order valence-corrected chi connectivity index (χ4v) is 3.64. The van der Waals surface area contributed by atoms with Gasteiger partial charge in [0.05, 0.1) is 34.3 Å². The topological polar surface area (TPSA) is 114 Å². The summed E-state index contributed by atoms with van der Waals surface area (Å²) in [7, 11) is 0. The number of rotatable bonds is 4. The van der Waals surface area contributed by atoms with Crippen LogP contribution in [-0.4, -0.2) is 30.8 Å². The van der Waals surface area contributed by atoms with Crippen molar-refractivity contribution in [2.45, 2.75) is 26.4 Å². The van der Waals surface area contributed by atoms with E-state index in [4.69, 9.17) is 0 Å². The molecule has 142 valence electrons. The number of anilines is 1. The van der Waals surface area contributed by atoms with Gasteiger partial charge in [0.25, 0.3) is 0 Å². The normalized spacial score (nSPS) is 12.7. The predicted molar refractivity (Wildman–Crippen MR) is 104 cm³/mol. The summed E-state index contributed by atoms with van der Waals surface area (Å²) in [6, 6.07) is 6.21. The molecule has 0 fully saturated rings. The van der Waals surface area contributed by atoms with Crippen molar-refractivity contribution < 1.29 is 9.72 Å². The first-order valence-corrected chi connectivity index (χ1v) is 9.52. The zero-order valence-corrected chi connectivity index (χ0v) is 15.8. The standard InChI is InChI=1S/C18H16N6O3S/c1-2-16-19-8-11-9-23(10-13(11)20-16)18(25)22-17-14(24(26)27)6-5-12(21-17)15-4-3-7-28-15/h3-8H,2,9-10H2,1H3,(H,21,22,25). The van der Waals surface area contributed by atoms with Gasteiger partial charge < -0.3 is 4.90 Å². The second-order valence-corrected chi connectivity index (χ2v) is 7.14. The van der Waals surface area contributed by atoms with Crippen LogP contribution in [0.2, 0.25) is 0 Å². The van der Waals surface area contributed by atoms with Crippen LogP contribution in [-0.2, 0) is 19.5 Å². The van der Waals surface area contributed by atoms with Gasteiger partial charge in [-0.2, -0.15) is 0 Å². The summed E-state index contributed by atoms with van der Waals surface area (Å²) in [6.45, 7) is 2.64. The Morgan fingerprint density at radius 3 is 2.89 bits per heavy atom. The quantitative estimate of drug-likeness (QED) is 0.532. The van der Waals surface area contributed by atoms with Gasteiger partial charge in [0.1, 0.15) is 5.82 Å². The van der Waals surface area contributed by atoms with Gasteiger partial charge in [-0.3, -0.25) is 15.4 Å². The number of fused-ring (bicyclic) bond motifs is 1. The van der Waals surface area contributed by atoms with E-state index in [0.29, 0.717) is 25.2 Å². The Hall–Kier alpha value is -3.40. The van der Waals surface area contributed by atoms with Gasteiger partial charge in [0.15, 0.2) is 0 Å². The van der Waals surface area contributed by atoms with Crippen molar-refractivity contribution in [2.75, 3.05) is 5.32 Å². The lowest BCUT2D eigenvalue weighted by molar-refractivity contribution is -0.384. The van der Waals surface area contributed by atoms with E-state index >= 15 is 0 Å². The number of pyridine rings is 1. The van der Waals surface area contributed by atoms with E-state index in [1.807, 2.05) is 24.4 Å². The Morgan fingerprint density at radius 1 is 1.32 bits per heavy atom. The SMILES string of the molecule is CCc1ncc2c(n1)CN(C(=O)Nc1nc(-c3cccs3)ccc1[N+](=O)[O-])C2. The molecule has 4 rings (SSSR count). The summed E-state index contributed by atoms with van der Waals surface area (Å²) in [6.07, 6.45) is 2.44. The lowest BCUT2D eigenvalue weighted by Crippen LogP contribution is -2.31. The first kappa shape index (κ1) is 18.0. The van der Waals surface area contributed by atoms with Gasteiger partial charge in [-0.15, -0.1) is 11.3 Å². The van der Waals surface area contributed by atoms with Crippen molar-refractivity contribution in [1.82, 2.24) is 19.9 Å². The summed E-state index contributed by atoms with van der Waals surface area (Å²) in [5.41, 5.74) is 2.00. The van der Waals surface area contributed by atoms with Crippen LogP contribution in [0.15, 0.2) is 35.8 Å². The molecule has 1 aliphatic rings. The number of amides is 2. The molecule has 4 heterocycles. The van der Waals surface area contributed by atoms with Crippen LogP contribution in [0.4, 0.5) is 16.3 Å². The molecule has 0 radical (unpaired) electrons. The second kappa shape index (κ2) is 7.31.